The summed E-state index contributed by atoms with van der Waals surface area (Å²) in [5.74, 6) is 0. The fourth-order valence-electron chi connectivity index (χ4n) is 1.13. The second kappa shape index (κ2) is 2.46. The van der Waals surface area contributed by atoms with Gasteiger partial charge in [0, 0.05) is 11.4 Å². The van der Waals surface area contributed by atoms with Gasteiger partial charge >= 0.3 is 0 Å². The maximum Gasteiger partial charge on any atom is 0.0377 e. The summed E-state index contributed by atoms with van der Waals surface area (Å²) >= 11 is 0. The summed E-state index contributed by atoms with van der Waals surface area (Å²) in [7, 11) is 0. The third-order valence-corrected chi connectivity index (χ3v) is 2.20. The van der Waals surface area contributed by atoms with Crippen LogP contribution in [0, 0.1) is 20.8 Å². The highest BCUT2D eigenvalue weighted by Crippen LogP contribution is 2.24. The number of rotatable bonds is 0. The van der Waals surface area contributed by atoms with Gasteiger partial charge in [-0.25, -0.2) is 0 Å². The minimum Gasteiger partial charge on any atom is -0.398 e. The van der Waals surface area contributed by atoms with Crippen LogP contribution in [-0.2, 0) is 0 Å². The molecule has 0 saturated heterocycles. The number of aryl methyl sites for hydroxylation is 1. The highest BCUT2D eigenvalue weighted by Gasteiger charge is 2.03. The van der Waals surface area contributed by atoms with Gasteiger partial charge in [0.25, 0.3) is 0 Å². The molecular formula is C9H14N2. The Morgan fingerprint density at radius 3 is 2.09 bits per heavy atom. The van der Waals surface area contributed by atoms with E-state index in [-0.39, 0.29) is 0 Å². The van der Waals surface area contributed by atoms with Crippen LogP contribution in [0.25, 0.3) is 0 Å². The third kappa shape index (κ3) is 1.16. The Bertz CT molecular complexity index is 264. The SMILES string of the molecule is Cc1cc(N)c(C)c(C)c1N. The predicted octanol–water partition coefficient (Wildman–Crippen LogP) is 1.78. The molecule has 0 aliphatic heterocycles. The van der Waals surface area contributed by atoms with Crippen LogP contribution < -0.4 is 11.5 Å². The Balaban J connectivity index is 3.46. The Morgan fingerprint density at radius 1 is 1.00 bits per heavy atom. The lowest BCUT2D eigenvalue weighted by atomic mass is 10.0. The van der Waals surface area contributed by atoms with Gasteiger partial charge in [0.2, 0.25) is 0 Å². The summed E-state index contributed by atoms with van der Waals surface area (Å²) in [4.78, 5) is 0. The van der Waals surface area contributed by atoms with E-state index in [4.69, 9.17) is 11.5 Å². The van der Waals surface area contributed by atoms with Crippen molar-refractivity contribution in [1.29, 1.82) is 0 Å². The van der Waals surface area contributed by atoms with E-state index in [9.17, 15) is 0 Å². The molecule has 11 heavy (non-hydrogen) atoms. The molecule has 60 valence electrons. The number of anilines is 2. The highest BCUT2D eigenvalue weighted by atomic mass is 14.6. The number of nitrogens with two attached hydrogens (primary N) is 2. The first kappa shape index (κ1) is 7.92. The molecule has 0 aliphatic carbocycles. The number of benzene rings is 1. The summed E-state index contributed by atoms with van der Waals surface area (Å²) in [6.45, 7) is 5.95. The van der Waals surface area contributed by atoms with E-state index in [1.807, 2.05) is 26.8 Å². The Kier molecular flexibility index (Phi) is 1.77. The fraction of sp³-hybridized carbons (Fsp3) is 0.333. The summed E-state index contributed by atoms with van der Waals surface area (Å²) in [6, 6.07) is 1.91. The van der Waals surface area contributed by atoms with E-state index in [0.717, 1.165) is 28.1 Å². The number of hydrogen-bond donors (Lipinski definition) is 2. The van der Waals surface area contributed by atoms with Crippen LogP contribution in [-0.4, -0.2) is 0 Å². The molecule has 0 aliphatic rings. The normalized spacial score (nSPS) is 10.1. The van der Waals surface area contributed by atoms with Crippen molar-refractivity contribution < 1.29 is 0 Å². The summed E-state index contributed by atoms with van der Waals surface area (Å²) in [5.41, 5.74) is 16.5. The molecule has 0 amide bonds. The molecule has 2 heteroatoms. The van der Waals surface area contributed by atoms with Crippen LogP contribution in [0.4, 0.5) is 11.4 Å². The third-order valence-electron chi connectivity index (χ3n) is 2.20. The van der Waals surface area contributed by atoms with Gasteiger partial charge in [0.05, 0.1) is 0 Å². The first-order chi connectivity index (χ1) is 5.04. The molecule has 0 spiro atoms. The van der Waals surface area contributed by atoms with Crippen molar-refractivity contribution in [2.45, 2.75) is 20.8 Å². The molecular weight excluding hydrogens is 136 g/mol. The molecule has 0 fully saturated rings. The van der Waals surface area contributed by atoms with Crippen LogP contribution in [0.15, 0.2) is 6.07 Å². The van der Waals surface area contributed by atoms with Crippen molar-refractivity contribution in [2.24, 2.45) is 0 Å². The average Bonchev–Trinajstić information content (AvgIpc) is 1.97. The quantitative estimate of drug-likeness (QED) is 0.554. The monoisotopic (exact) mass is 150 g/mol. The highest BCUT2D eigenvalue weighted by molar-refractivity contribution is 5.65. The van der Waals surface area contributed by atoms with E-state index < -0.39 is 0 Å². The molecule has 0 heterocycles. The van der Waals surface area contributed by atoms with Gasteiger partial charge in [-0.2, -0.15) is 0 Å². The average molecular weight is 150 g/mol. The van der Waals surface area contributed by atoms with Crippen LogP contribution in [0.3, 0.4) is 0 Å². The molecule has 2 nitrogen and oxygen atoms in total. The van der Waals surface area contributed by atoms with E-state index in [1.54, 1.807) is 0 Å². The van der Waals surface area contributed by atoms with E-state index in [0.29, 0.717) is 0 Å². The molecule has 1 aromatic carbocycles. The van der Waals surface area contributed by atoms with E-state index in [2.05, 4.69) is 0 Å². The standard InChI is InChI=1S/C9H14N2/c1-5-4-8(10)6(2)7(3)9(5)11/h4H,10-11H2,1-3H3. The van der Waals surface area contributed by atoms with Crippen molar-refractivity contribution >= 4 is 11.4 Å². The van der Waals surface area contributed by atoms with Crippen LogP contribution in [0.1, 0.15) is 16.7 Å². The molecule has 1 aromatic rings. The molecule has 1 rings (SSSR count). The van der Waals surface area contributed by atoms with Gasteiger partial charge in [-0.3, -0.25) is 0 Å². The van der Waals surface area contributed by atoms with Crippen LogP contribution in [0.5, 0.6) is 0 Å². The van der Waals surface area contributed by atoms with Gasteiger partial charge in [0.1, 0.15) is 0 Å². The van der Waals surface area contributed by atoms with Crippen LogP contribution >= 0.6 is 0 Å². The van der Waals surface area contributed by atoms with Crippen molar-refractivity contribution in [2.75, 3.05) is 11.5 Å². The lowest BCUT2D eigenvalue weighted by Crippen LogP contribution is -2.00. The van der Waals surface area contributed by atoms with Crippen molar-refractivity contribution in [1.82, 2.24) is 0 Å². The first-order valence-electron chi connectivity index (χ1n) is 3.65. The van der Waals surface area contributed by atoms with Crippen molar-refractivity contribution in [3.05, 3.63) is 22.8 Å². The minimum atomic E-state index is 0.828. The van der Waals surface area contributed by atoms with Crippen LogP contribution in [0.2, 0.25) is 0 Å². The van der Waals surface area contributed by atoms with Gasteiger partial charge in [-0.15, -0.1) is 0 Å². The second-order valence-electron chi connectivity index (χ2n) is 2.95. The van der Waals surface area contributed by atoms with Gasteiger partial charge < -0.3 is 11.5 Å². The fourth-order valence-corrected chi connectivity index (χ4v) is 1.13. The predicted molar refractivity (Wildman–Crippen MR) is 49.5 cm³/mol. The number of nitrogen functional groups attached to an aromatic ring is 2. The summed E-state index contributed by atoms with van der Waals surface area (Å²) in [5, 5.41) is 0. The second-order valence-corrected chi connectivity index (χ2v) is 2.95. The Morgan fingerprint density at radius 2 is 1.55 bits per heavy atom. The Labute approximate surface area is 67.2 Å². The van der Waals surface area contributed by atoms with Gasteiger partial charge in [0.15, 0.2) is 0 Å². The molecule has 0 saturated carbocycles. The maximum atomic E-state index is 5.80. The molecule has 4 N–H and O–H groups in total. The molecule has 0 unspecified atom stereocenters. The zero-order chi connectivity index (χ0) is 8.59. The van der Waals surface area contributed by atoms with Crippen molar-refractivity contribution in [3.63, 3.8) is 0 Å². The zero-order valence-corrected chi connectivity index (χ0v) is 7.23. The zero-order valence-electron chi connectivity index (χ0n) is 7.23. The lowest BCUT2D eigenvalue weighted by Gasteiger charge is -2.10. The first-order valence-corrected chi connectivity index (χ1v) is 3.65. The maximum absolute atomic E-state index is 5.80. The number of hydrogen-bond acceptors (Lipinski definition) is 2. The summed E-state index contributed by atoms with van der Waals surface area (Å²) < 4.78 is 0. The topological polar surface area (TPSA) is 52.0 Å². The van der Waals surface area contributed by atoms with Gasteiger partial charge in [-0.05, 0) is 43.5 Å². The molecule has 0 bridgehead atoms. The summed E-state index contributed by atoms with van der Waals surface area (Å²) in [6.07, 6.45) is 0. The molecule has 0 radical (unpaired) electrons. The van der Waals surface area contributed by atoms with Gasteiger partial charge in [-0.1, -0.05) is 0 Å². The minimum absolute atomic E-state index is 0.828. The lowest BCUT2D eigenvalue weighted by molar-refractivity contribution is 1.31. The molecule has 0 aromatic heterocycles. The molecule has 0 atom stereocenters. The Hall–Kier alpha value is -1.18. The van der Waals surface area contributed by atoms with E-state index >= 15 is 0 Å². The largest absolute Gasteiger partial charge is 0.398 e. The van der Waals surface area contributed by atoms with Crippen molar-refractivity contribution in [3.8, 4) is 0 Å². The van der Waals surface area contributed by atoms with E-state index in [1.165, 1.54) is 0 Å². The smallest absolute Gasteiger partial charge is 0.0377 e.